The van der Waals surface area contributed by atoms with Crippen LogP contribution < -0.4 is 10.6 Å². The number of hydrogen-bond acceptors (Lipinski definition) is 5. The fourth-order valence-corrected chi connectivity index (χ4v) is 2.44. The van der Waals surface area contributed by atoms with E-state index in [1.165, 1.54) is 12.1 Å². The Kier molecular flexibility index (Phi) is 5.22. The van der Waals surface area contributed by atoms with Gasteiger partial charge >= 0.3 is 0 Å². The molecule has 0 spiro atoms. The first-order valence-electron chi connectivity index (χ1n) is 7.00. The summed E-state index contributed by atoms with van der Waals surface area (Å²) < 4.78 is 13.9. The molecule has 2 heterocycles. The Morgan fingerprint density at radius 1 is 1.17 bits per heavy atom. The lowest BCUT2D eigenvalue weighted by molar-refractivity contribution is 0.628. The lowest BCUT2D eigenvalue weighted by Crippen LogP contribution is -2.06. The quantitative estimate of drug-likeness (QED) is 0.636. The summed E-state index contributed by atoms with van der Waals surface area (Å²) in [6.07, 6.45) is 3.36. The Balaban J connectivity index is 1.74. The summed E-state index contributed by atoms with van der Waals surface area (Å²) in [5.41, 5.74) is 1.49. The van der Waals surface area contributed by atoms with Crippen molar-refractivity contribution in [1.29, 1.82) is 0 Å². The predicted octanol–water partition coefficient (Wildman–Crippen LogP) is 4.78. The van der Waals surface area contributed by atoms with Crippen molar-refractivity contribution < 1.29 is 4.39 Å². The molecule has 0 atom stereocenters. The van der Waals surface area contributed by atoms with E-state index in [0.717, 1.165) is 10.2 Å². The molecule has 0 aliphatic rings. The van der Waals surface area contributed by atoms with Gasteiger partial charge in [0.05, 0.1) is 21.7 Å². The minimum atomic E-state index is -0.475. The fourth-order valence-electron chi connectivity index (χ4n) is 1.93. The highest BCUT2D eigenvalue weighted by molar-refractivity contribution is 9.10. The highest BCUT2D eigenvalue weighted by Crippen LogP contribution is 2.24. The molecule has 2 aromatic heterocycles. The first-order valence-corrected chi connectivity index (χ1v) is 8.17. The van der Waals surface area contributed by atoms with E-state index in [2.05, 4.69) is 41.5 Å². The minimum Gasteiger partial charge on any atom is -0.363 e. The SMILES string of the molecule is Fc1ccc(Nc2ncc(Br)c(NCc3ccccn3)n2)cc1Cl. The van der Waals surface area contributed by atoms with E-state index in [-0.39, 0.29) is 5.02 Å². The number of benzene rings is 1. The number of aromatic nitrogens is 3. The normalized spacial score (nSPS) is 10.5. The second-order valence-corrected chi connectivity index (χ2v) is 6.08. The molecule has 0 radical (unpaired) electrons. The van der Waals surface area contributed by atoms with Crippen molar-refractivity contribution in [3.63, 3.8) is 0 Å². The van der Waals surface area contributed by atoms with E-state index < -0.39 is 5.82 Å². The molecule has 5 nitrogen and oxygen atoms in total. The van der Waals surface area contributed by atoms with Crippen molar-refractivity contribution in [2.75, 3.05) is 10.6 Å². The van der Waals surface area contributed by atoms with E-state index in [0.29, 0.717) is 24.0 Å². The standard InChI is InChI=1S/C16H12BrClFN5/c17-12-9-22-16(23-10-4-5-14(19)13(18)7-10)24-15(12)21-8-11-3-1-2-6-20-11/h1-7,9H,8H2,(H2,21,22,23,24). The third kappa shape index (κ3) is 4.18. The average molecular weight is 409 g/mol. The molecule has 0 saturated heterocycles. The van der Waals surface area contributed by atoms with Crippen LogP contribution in [0.25, 0.3) is 0 Å². The van der Waals surface area contributed by atoms with Crippen LogP contribution in [-0.2, 0) is 6.54 Å². The van der Waals surface area contributed by atoms with Gasteiger partial charge in [0.2, 0.25) is 5.95 Å². The third-order valence-corrected chi connectivity index (χ3v) is 3.95. The average Bonchev–Trinajstić information content (AvgIpc) is 2.59. The second kappa shape index (κ2) is 7.55. The van der Waals surface area contributed by atoms with Crippen LogP contribution in [0.1, 0.15) is 5.69 Å². The Labute approximate surface area is 151 Å². The number of rotatable bonds is 5. The first-order chi connectivity index (χ1) is 11.6. The van der Waals surface area contributed by atoms with Crippen LogP contribution in [0.4, 0.5) is 21.8 Å². The summed E-state index contributed by atoms with van der Waals surface area (Å²) in [7, 11) is 0. The lowest BCUT2D eigenvalue weighted by Gasteiger charge is -2.10. The van der Waals surface area contributed by atoms with Crippen LogP contribution in [0.5, 0.6) is 0 Å². The van der Waals surface area contributed by atoms with Gasteiger partial charge in [0.1, 0.15) is 11.6 Å². The van der Waals surface area contributed by atoms with E-state index in [9.17, 15) is 4.39 Å². The van der Waals surface area contributed by atoms with Crippen LogP contribution in [-0.4, -0.2) is 15.0 Å². The zero-order valence-electron chi connectivity index (χ0n) is 12.3. The van der Waals surface area contributed by atoms with E-state index >= 15 is 0 Å². The van der Waals surface area contributed by atoms with Crippen LogP contribution in [0.3, 0.4) is 0 Å². The third-order valence-electron chi connectivity index (χ3n) is 3.08. The van der Waals surface area contributed by atoms with Crippen molar-refractivity contribution in [2.24, 2.45) is 0 Å². The molecule has 0 aliphatic heterocycles. The van der Waals surface area contributed by atoms with Gasteiger partial charge in [0.15, 0.2) is 0 Å². The summed E-state index contributed by atoms with van der Waals surface area (Å²) in [6.45, 7) is 0.526. The molecule has 8 heteroatoms. The number of pyridine rings is 1. The van der Waals surface area contributed by atoms with Crippen molar-refractivity contribution in [1.82, 2.24) is 15.0 Å². The number of nitrogens with one attached hydrogen (secondary N) is 2. The summed E-state index contributed by atoms with van der Waals surface area (Å²) in [4.78, 5) is 12.8. The number of halogens is 3. The van der Waals surface area contributed by atoms with Crippen molar-refractivity contribution in [3.05, 3.63) is 69.8 Å². The smallest absolute Gasteiger partial charge is 0.229 e. The molecule has 0 saturated carbocycles. The van der Waals surface area contributed by atoms with Gasteiger partial charge in [-0.1, -0.05) is 17.7 Å². The molecule has 0 unspecified atom stereocenters. The zero-order valence-corrected chi connectivity index (χ0v) is 14.6. The predicted molar refractivity (Wildman–Crippen MR) is 96.0 cm³/mol. The number of hydrogen-bond donors (Lipinski definition) is 2. The molecule has 1 aromatic carbocycles. The molecule has 3 rings (SSSR count). The summed E-state index contributed by atoms with van der Waals surface area (Å²) in [5.74, 6) is 0.507. The van der Waals surface area contributed by atoms with E-state index in [1.54, 1.807) is 18.5 Å². The van der Waals surface area contributed by atoms with E-state index in [1.807, 2.05) is 18.2 Å². The largest absolute Gasteiger partial charge is 0.363 e. The maximum atomic E-state index is 13.2. The van der Waals surface area contributed by atoms with Gasteiger partial charge in [-0.15, -0.1) is 0 Å². The maximum absolute atomic E-state index is 13.2. The van der Waals surface area contributed by atoms with Crippen molar-refractivity contribution in [2.45, 2.75) is 6.54 Å². The Bertz CT molecular complexity index is 847. The molecule has 24 heavy (non-hydrogen) atoms. The monoisotopic (exact) mass is 407 g/mol. The molecule has 3 aromatic rings. The Morgan fingerprint density at radius 2 is 2.04 bits per heavy atom. The van der Waals surface area contributed by atoms with Crippen LogP contribution >= 0.6 is 27.5 Å². The molecule has 0 bridgehead atoms. The second-order valence-electron chi connectivity index (χ2n) is 4.82. The zero-order chi connectivity index (χ0) is 16.9. The summed E-state index contributed by atoms with van der Waals surface area (Å²) in [5, 5.41) is 6.21. The van der Waals surface area contributed by atoms with Gasteiger partial charge in [-0.05, 0) is 46.3 Å². The van der Waals surface area contributed by atoms with Crippen molar-refractivity contribution >= 4 is 45.0 Å². The molecule has 0 aliphatic carbocycles. The topological polar surface area (TPSA) is 62.7 Å². The van der Waals surface area contributed by atoms with Crippen LogP contribution in [0, 0.1) is 5.82 Å². The van der Waals surface area contributed by atoms with Gasteiger partial charge in [0.25, 0.3) is 0 Å². The molecule has 0 fully saturated rings. The number of anilines is 3. The summed E-state index contributed by atoms with van der Waals surface area (Å²) >= 11 is 9.18. The Morgan fingerprint density at radius 3 is 2.79 bits per heavy atom. The van der Waals surface area contributed by atoms with Gasteiger partial charge in [-0.2, -0.15) is 4.98 Å². The van der Waals surface area contributed by atoms with Gasteiger partial charge in [-0.3, -0.25) is 4.98 Å². The molecule has 2 N–H and O–H groups in total. The maximum Gasteiger partial charge on any atom is 0.229 e. The highest BCUT2D eigenvalue weighted by atomic mass is 79.9. The molecular weight excluding hydrogens is 397 g/mol. The Hall–Kier alpha value is -2.25. The van der Waals surface area contributed by atoms with E-state index in [4.69, 9.17) is 11.6 Å². The van der Waals surface area contributed by atoms with Crippen molar-refractivity contribution in [3.8, 4) is 0 Å². The van der Waals surface area contributed by atoms with Gasteiger partial charge in [0, 0.05) is 18.1 Å². The minimum absolute atomic E-state index is 0.0330. The van der Waals surface area contributed by atoms with Gasteiger partial charge in [-0.25, -0.2) is 9.37 Å². The number of nitrogens with zero attached hydrogens (tertiary/aromatic N) is 3. The van der Waals surface area contributed by atoms with Crippen LogP contribution in [0.2, 0.25) is 5.02 Å². The molecule has 0 amide bonds. The highest BCUT2D eigenvalue weighted by Gasteiger charge is 2.07. The molecule has 122 valence electrons. The fraction of sp³-hybridized carbons (Fsp3) is 0.0625. The summed E-state index contributed by atoms with van der Waals surface area (Å²) in [6, 6.07) is 10.0. The van der Waals surface area contributed by atoms with Gasteiger partial charge < -0.3 is 10.6 Å². The lowest BCUT2D eigenvalue weighted by atomic mass is 10.3. The first kappa shape index (κ1) is 16.6. The molecular formula is C16H12BrClFN5. The van der Waals surface area contributed by atoms with Crippen LogP contribution in [0.15, 0.2) is 53.3 Å².